The standard InChI is InChI=1S/C22H16N4O4/c27-21(23-16-9-6-10-17(13-16)26(29)30)20-18-11-4-5-12-19(18)22(28)25(24-20)14-15-7-2-1-3-8-15/h1-13H,14H2,(H,23,27). The molecule has 30 heavy (non-hydrogen) atoms. The summed E-state index contributed by atoms with van der Waals surface area (Å²) in [5.41, 5.74) is 0.752. The van der Waals surface area contributed by atoms with Gasteiger partial charge in [-0.05, 0) is 17.7 Å². The molecule has 1 aromatic heterocycles. The van der Waals surface area contributed by atoms with Crippen LogP contribution in [0.25, 0.3) is 10.8 Å². The molecule has 0 unspecified atom stereocenters. The number of nitrogens with one attached hydrogen (secondary N) is 1. The average Bonchev–Trinajstić information content (AvgIpc) is 2.76. The maximum atomic E-state index is 13.0. The van der Waals surface area contributed by atoms with E-state index in [0.29, 0.717) is 10.8 Å². The van der Waals surface area contributed by atoms with E-state index in [9.17, 15) is 19.7 Å². The number of hydrogen-bond acceptors (Lipinski definition) is 5. The summed E-state index contributed by atoms with van der Waals surface area (Å²) in [7, 11) is 0. The largest absolute Gasteiger partial charge is 0.320 e. The van der Waals surface area contributed by atoms with E-state index < -0.39 is 10.8 Å². The minimum atomic E-state index is -0.562. The third-order valence-corrected chi connectivity index (χ3v) is 4.57. The first-order chi connectivity index (χ1) is 14.5. The number of aromatic nitrogens is 2. The molecule has 0 atom stereocenters. The van der Waals surface area contributed by atoms with Gasteiger partial charge in [0, 0.05) is 23.2 Å². The SMILES string of the molecule is O=C(Nc1cccc([N+](=O)[O-])c1)c1nn(Cc2ccccc2)c(=O)c2ccccc12. The molecular formula is C22H16N4O4. The van der Waals surface area contributed by atoms with Crippen LogP contribution in [0.2, 0.25) is 0 Å². The quantitative estimate of drug-likeness (QED) is 0.407. The van der Waals surface area contributed by atoms with E-state index >= 15 is 0 Å². The highest BCUT2D eigenvalue weighted by Gasteiger charge is 2.18. The molecule has 1 N–H and O–H groups in total. The van der Waals surface area contributed by atoms with Gasteiger partial charge in [-0.25, -0.2) is 4.68 Å². The zero-order chi connectivity index (χ0) is 21.1. The maximum absolute atomic E-state index is 13.0. The van der Waals surface area contributed by atoms with Crippen LogP contribution in [0, 0.1) is 10.1 Å². The first kappa shape index (κ1) is 19.0. The number of fused-ring (bicyclic) bond motifs is 1. The van der Waals surface area contributed by atoms with Crippen LogP contribution in [0.3, 0.4) is 0 Å². The van der Waals surface area contributed by atoms with E-state index in [0.717, 1.165) is 5.56 Å². The normalized spacial score (nSPS) is 10.7. The predicted octanol–water partition coefficient (Wildman–Crippen LogP) is 3.61. The number of carbonyl (C=O) groups excluding carboxylic acids is 1. The van der Waals surface area contributed by atoms with Crippen LogP contribution in [0.5, 0.6) is 0 Å². The molecule has 148 valence electrons. The molecule has 0 spiro atoms. The van der Waals surface area contributed by atoms with Crippen molar-refractivity contribution in [1.82, 2.24) is 9.78 Å². The molecule has 0 aliphatic rings. The number of anilines is 1. The molecule has 1 heterocycles. The van der Waals surface area contributed by atoms with Gasteiger partial charge in [0.1, 0.15) is 0 Å². The average molecular weight is 400 g/mol. The molecule has 0 saturated heterocycles. The number of carbonyl (C=O) groups is 1. The second-order valence-electron chi connectivity index (χ2n) is 6.60. The van der Waals surface area contributed by atoms with E-state index in [4.69, 9.17) is 0 Å². The third kappa shape index (κ3) is 3.79. The van der Waals surface area contributed by atoms with Gasteiger partial charge in [0.2, 0.25) is 0 Å². The van der Waals surface area contributed by atoms with E-state index in [2.05, 4.69) is 10.4 Å². The zero-order valence-corrected chi connectivity index (χ0v) is 15.7. The topological polar surface area (TPSA) is 107 Å². The zero-order valence-electron chi connectivity index (χ0n) is 15.7. The Morgan fingerprint density at radius 2 is 1.67 bits per heavy atom. The Bertz CT molecular complexity index is 1320. The van der Waals surface area contributed by atoms with E-state index in [1.807, 2.05) is 30.3 Å². The van der Waals surface area contributed by atoms with E-state index in [-0.39, 0.29) is 29.2 Å². The molecular weight excluding hydrogens is 384 g/mol. The molecule has 3 aromatic carbocycles. The molecule has 0 radical (unpaired) electrons. The van der Waals surface area contributed by atoms with Crippen LogP contribution in [0.15, 0.2) is 83.7 Å². The van der Waals surface area contributed by atoms with Crippen LogP contribution in [0.4, 0.5) is 11.4 Å². The van der Waals surface area contributed by atoms with Gasteiger partial charge in [-0.2, -0.15) is 5.10 Å². The van der Waals surface area contributed by atoms with Crippen molar-refractivity contribution >= 4 is 28.1 Å². The Kier molecular flexibility index (Phi) is 5.04. The summed E-state index contributed by atoms with van der Waals surface area (Å²) in [5, 5.41) is 18.7. The van der Waals surface area contributed by atoms with Crippen molar-refractivity contribution in [1.29, 1.82) is 0 Å². The second kappa shape index (κ2) is 7.96. The van der Waals surface area contributed by atoms with Gasteiger partial charge < -0.3 is 5.32 Å². The lowest BCUT2D eigenvalue weighted by Crippen LogP contribution is -2.28. The molecule has 8 nitrogen and oxygen atoms in total. The fourth-order valence-electron chi connectivity index (χ4n) is 3.15. The Hall–Kier alpha value is -4.33. The third-order valence-electron chi connectivity index (χ3n) is 4.57. The molecule has 0 bridgehead atoms. The summed E-state index contributed by atoms with van der Waals surface area (Å²) in [6, 6.07) is 21.7. The number of nitro benzene ring substituents is 1. The fourth-order valence-corrected chi connectivity index (χ4v) is 3.15. The summed E-state index contributed by atoms with van der Waals surface area (Å²) in [6.07, 6.45) is 0. The minimum absolute atomic E-state index is 0.0626. The summed E-state index contributed by atoms with van der Waals surface area (Å²) in [5.74, 6) is -0.562. The first-order valence-electron chi connectivity index (χ1n) is 9.12. The van der Waals surface area contributed by atoms with E-state index in [1.54, 1.807) is 30.3 Å². The Balaban J connectivity index is 1.76. The predicted molar refractivity (Wildman–Crippen MR) is 113 cm³/mol. The highest BCUT2D eigenvalue weighted by Crippen LogP contribution is 2.19. The van der Waals surface area contributed by atoms with Gasteiger partial charge in [-0.3, -0.25) is 19.7 Å². The van der Waals surface area contributed by atoms with E-state index in [1.165, 1.54) is 22.9 Å². The molecule has 4 aromatic rings. The van der Waals surface area contributed by atoms with Gasteiger partial charge in [0.25, 0.3) is 17.2 Å². The van der Waals surface area contributed by atoms with Crippen LogP contribution >= 0.6 is 0 Å². The van der Waals surface area contributed by atoms with Crippen molar-refractivity contribution in [2.24, 2.45) is 0 Å². The van der Waals surface area contributed by atoms with Gasteiger partial charge >= 0.3 is 0 Å². The van der Waals surface area contributed by atoms with Crippen molar-refractivity contribution in [2.45, 2.75) is 6.54 Å². The lowest BCUT2D eigenvalue weighted by Gasteiger charge is -2.11. The first-order valence-corrected chi connectivity index (χ1v) is 9.12. The number of hydrogen-bond donors (Lipinski definition) is 1. The molecule has 0 fully saturated rings. The molecule has 0 aliphatic heterocycles. The van der Waals surface area contributed by atoms with Gasteiger partial charge in [-0.15, -0.1) is 0 Å². The minimum Gasteiger partial charge on any atom is -0.320 e. The van der Waals surface area contributed by atoms with Gasteiger partial charge in [-0.1, -0.05) is 54.6 Å². The summed E-state index contributed by atoms with van der Waals surface area (Å²) in [4.78, 5) is 36.3. The van der Waals surface area contributed by atoms with Crippen molar-refractivity contribution in [2.75, 3.05) is 5.32 Å². The summed E-state index contributed by atoms with van der Waals surface area (Å²) in [6.45, 7) is 0.210. The highest BCUT2D eigenvalue weighted by atomic mass is 16.6. The lowest BCUT2D eigenvalue weighted by molar-refractivity contribution is -0.384. The van der Waals surface area contributed by atoms with Crippen LogP contribution in [0.1, 0.15) is 16.1 Å². The number of rotatable bonds is 5. The molecule has 0 saturated carbocycles. The number of benzene rings is 3. The maximum Gasteiger partial charge on any atom is 0.276 e. The Morgan fingerprint density at radius 3 is 2.40 bits per heavy atom. The summed E-state index contributed by atoms with van der Waals surface area (Å²) >= 11 is 0. The van der Waals surface area contributed by atoms with Gasteiger partial charge in [0.05, 0.1) is 16.9 Å². The highest BCUT2D eigenvalue weighted by molar-refractivity contribution is 6.11. The Labute approximate surface area is 170 Å². The van der Waals surface area contributed by atoms with Gasteiger partial charge in [0.15, 0.2) is 5.69 Å². The number of non-ortho nitro benzene ring substituents is 1. The Morgan fingerprint density at radius 1 is 0.967 bits per heavy atom. The van der Waals surface area contributed by atoms with Crippen molar-refractivity contribution in [3.05, 3.63) is 111 Å². The fraction of sp³-hybridized carbons (Fsp3) is 0.0455. The molecule has 0 aliphatic carbocycles. The van der Waals surface area contributed by atoms with Crippen LogP contribution in [-0.2, 0) is 6.54 Å². The van der Waals surface area contributed by atoms with Crippen LogP contribution < -0.4 is 10.9 Å². The number of amides is 1. The monoisotopic (exact) mass is 400 g/mol. The second-order valence-corrected chi connectivity index (χ2v) is 6.60. The molecule has 4 rings (SSSR count). The van der Waals surface area contributed by atoms with Crippen molar-refractivity contribution in [3.63, 3.8) is 0 Å². The van der Waals surface area contributed by atoms with Crippen LogP contribution in [-0.4, -0.2) is 20.6 Å². The number of nitrogens with zero attached hydrogens (tertiary/aromatic N) is 3. The smallest absolute Gasteiger partial charge is 0.276 e. The molecule has 8 heteroatoms. The lowest BCUT2D eigenvalue weighted by atomic mass is 10.1. The van der Waals surface area contributed by atoms with Crippen molar-refractivity contribution in [3.8, 4) is 0 Å². The number of nitro groups is 1. The van der Waals surface area contributed by atoms with Crippen molar-refractivity contribution < 1.29 is 9.72 Å². The molecule has 1 amide bonds. The summed E-state index contributed by atoms with van der Waals surface area (Å²) < 4.78 is 1.25.